The SMILES string of the molecule is Cc1c(/C=C(\C#N)S(=O)(=O)c2ccccc2)cc(C(C)C)n1-c1ccc(F)cc1. The van der Waals surface area contributed by atoms with Gasteiger partial charge in [0.05, 0.1) is 4.90 Å². The van der Waals surface area contributed by atoms with Gasteiger partial charge in [0, 0.05) is 17.1 Å². The smallest absolute Gasteiger partial charge is 0.216 e. The zero-order valence-corrected chi connectivity index (χ0v) is 17.2. The van der Waals surface area contributed by atoms with Gasteiger partial charge in [-0.2, -0.15) is 5.26 Å². The average molecular weight is 408 g/mol. The molecule has 0 aliphatic rings. The van der Waals surface area contributed by atoms with Gasteiger partial charge in [-0.1, -0.05) is 32.0 Å². The number of aromatic nitrogens is 1. The number of allylic oxidation sites excluding steroid dienone is 1. The number of halogens is 1. The molecular weight excluding hydrogens is 387 g/mol. The minimum atomic E-state index is -3.92. The summed E-state index contributed by atoms with van der Waals surface area (Å²) in [5, 5.41) is 9.56. The van der Waals surface area contributed by atoms with Crippen molar-refractivity contribution in [3.63, 3.8) is 0 Å². The average Bonchev–Trinajstić information content (AvgIpc) is 3.04. The summed E-state index contributed by atoms with van der Waals surface area (Å²) in [6.07, 6.45) is 1.41. The van der Waals surface area contributed by atoms with Gasteiger partial charge in [-0.15, -0.1) is 0 Å². The summed E-state index contributed by atoms with van der Waals surface area (Å²) in [5.74, 6) is -0.192. The van der Waals surface area contributed by atoms with Crippen molar-refractivity contribution in [3.8, 4) is 11.8 Å². The zero-order chi connectivity index (χ0) is 21.2. The molecule has 6 heteroatoms. The Morgan fingerprint density at radius 3 is 2.28 bits per heavy atom. The lowest BCUT2D eigenvalue weighted by Crippen LogP contribution is -2.04. The van der Waals surface area contributed by atoms with Crippen molar-refractivity contribution in [3.05, 3.63) is 88.3 Å². The molecule has 1 aromatic heterocycles. The van der Waals surface area contributed by atoms with Crippen molar-refractivity contribution in [1.82, 2.24) is 4.57 Å². The summed E-state index contributed by atoms with van der Waals surface area (Å²) < 4.78 is 41.1. The highest BCUT2D eigenvalue weighted by atomic mass is 32.2. The van der Waals surface area contributed by atoms with E-state index < -0.39 is 9.84 Å². The lowest BCUT2D eigenvalue weighted by atomic mass is 10.1. The van der Waals surface area contributed by atoms with Crippen LogP contribution in [0.3, 0.4) is 0 Å². The first-order valence-electron chi connectivity index (χ1n) is 9.16. The van der Waals surface area contributed by atoms with Crippen molar-refractivity contribution in [2.24, 2.45) is 0 Å². The van der Waals surface area contributed by atoms with E-state index in [0.29, 0.717) is 5.56 Å². The molecule has 0 saturated carbocycles. The van der Waals surface area contributed by atoms with E-state index >= 15 is 0 Å². The van der Waals surface area contributed by atoms with E-state index in [1.165, 1.54) is 30.3 Å². The van der Waals surface area contributed by atoms with Gasteiger partial charge in [0.15, 0.2) is 0 Å². The van der Waals surface area contributed by atoms with E-state index in [-0.39, 0.29) is 21.5 Å². The summed E-state index contributed by atoms with van der Waals surface area (Å²) in [6, 6.07) is 17.7. The van der Waals surface area contributed by atoms with Crippen LogP contribution >= 0.6 is 0 Å². The van der Waals surface area contributed by atoms with Crippen LogP contribution in [0.4, 0.5) is 4.39 Å². The van der Waals surface area contributed by atoms with Crippen LogP contribution in [0.5, 0.6) is 0 Å². The maximum absolute atomic E-state index is 13.4. The second-order valence-corrected chi connectivity index (χ2v) is 8.93. The number of nitrogens with zero attached hydrogens (tertiary/aromatic N) is 2. The van der Waals surface area contributed by atoms with Gasteiger partial charge in [0.25, 0.3) is 0 Å². The van der Waals surface area contributed by atoms with Crippen LogP contribution in [0.2, 0.25) is 0 Å². The van der Waals surface area contributed by atoms with Gasteiger partial charge in [-0.05, 0) is 66.9 Å². The Hall–Kier alpha value is -3.17. The lowest BCUT2D eigenvalue weighted by molar-refractivity contribution is 0.603. The van der Waals surface area contributed by atoms with E-state index in [9.17, 15) is 18.1 Å². The molecule has 148 valence electrons. The fraction of sp³-hybridized carbons (Fsp3) is 0.174. The molecule has 0 N–H and O–H groups in total. The predicted molar refractivity (Wildman–Crippen MR) is 112 cm³/mol. The van der Waals surface area contributed by atoms with E-state index in [1.807, 2.05) is 37.5 Å². The molecular formula is C23H21FN2O2S. The zero-order valence-electron chi connectivity index (χ0n) is 16.4. The minimum Gasteiger partial charge on any atom is -0.317 e. The molecule has 0 saturated heterocycles. The highest BCUT2D eigenvalue weighted by Crippen LogP contribution is 2.30. The Labute approximate surface area is 170 Å². The van der Waals surface area contributed by atoms with Crippen LogP contribution in [0.25, 0.3) is 11.8 Å². The van der Waals surface area contributed by atoms with Crippen molar-refractivity contribution in [2.45, 2.75) is 31.6 Å². The van der Waals surface area contributed by atoms with Gasteiger partial charge in [-0.25, -0.2) is 12.8 Å². The molecule has 0 spiro atoms. The van der Waals surface area contributed by atoms with Crippen LogP contribution in [-0.2, 0) is 9.84 Å². The maximum atomic E-state index is 13.4. The molecule has 4 nitrogen and oxygen atoms in total. The molecule has 2 aromatic carbocycles. The fourth-order valence-corrected chi connectivity index (χ4v) is 4.36. The number of hydrogen-bond acceptors (Lipinski definition) is 3. The monoisotopic (exact) mass is 408 g/mol. The Morgan fingerprint density at radius 1 is 1.10 bits per heavy atom. The third-order valence-electron chi connectivity index (χ3n) is 4.73. The van der Waals surface area contributed by atoms with Crippen LogP contribution in [0, 0.1) is 24.1 Å². The summed E-state index contributed by atoms with van der Waals surface area (Å²) in [7, 11) is -3.92. The molecule has 0 aliphatic carbocycles. The van der Waals surface area contributed by atoms with Crippen molar-refractivity contribution in [2.75, 3.05) is 0 Å². The van der Waals surface area contributed by atoms with Crippen LogP contribution < -0.4 is 0 Å². The molecule has 0 unspecified atom stereocenters. The quantitative estimate of drug-likeness (QED) is 0.532. The largest absolute Gasteiger partial charge is 0.317 e. The molecule has 0 aliphatic heterocycles. The van der Waals surface area contributed by atoms with Gasteiger partial charge >= 0.3 is 0 Å². The summed E-state index contributed by atoms with van der Waals surface area (Å²) in [4.78, 5) is -0.245. The van der Waals surface area contributed by atoms with Gasteiger partial charge in [0.2, 0.25) is 9.84 Å². The van der Waals surface area contributed by atoms with Crippen LogP contribution in [-0.4, -0.2) is 13.0 Å². The molecule has 0 bridgehead atoms. The van der Waals surface area contributed by atoms with Gasteiger partial charge in [0.1, 0.15) is 16.8 Å². The second kappa shape index (κ2) is 8.06. The van der Waals surface area contributed by atoms with Crippen molar-refractivity contribution >= 4 is 15.9 Å². The summed E-state index contributed by atoms with van der Waals surface area (Å²) in [5.41, 5.74) is 3.12. The molecule has 0 radical (unpaired) electrons. The summed E-state index contributed by atoms with van der Waals surface area (Å²) >= 11 is 0. The first-order chi connectivity index (χ1) is 13.8. The van der Waals surface area contributed by atoms with Crippen molar-refractivity contribution in [1.29, 1.82) is 5.26 Å². The number of sulfone groups is 1. The Kier molecular flexibility index (Phi) is 5.71. The molecule has 29 heavy (non-hydrogen) atoms. The molecule has 3 rings (SSSR count). The van der Waals surface area contributed by atoms with Crippen LogP contribution in [0.15, 0.2) is 70.5 Å². The van der Waals surface area contributed by atoms with E-state index in [1.54, 1.807) is 30.3 Å². The molecule has 0 amide bonds. The lowest BCUT2D eigenvalue weighted by Gasteiger charge is -2.14. The Balaban J connectivity index is 2.17. The Bertz CT molecular complexity index is 1200. The maximum Gasteiger partial charge on any atom is 0.216 e. The van der Waals surface area contributed by atoms with E-state index in [4.69, 9.17) is 0 Å². The second-order valence-electron chi connectivity index (χ2n) is 7.01. The number of nitriles is 1. The van der Waals surface area contributed by atoms with Gasteiger partial charge < -0.3 is 4.57 Å². The standard InChI is InChI=1S/C23H21FN2O2S/c1-16(2)23-14-18(17(3)26(23)20-11-9-19(24)10-12-20)13-22(15-25)29(27,28)21-7-5-4-6-8-21/h4-14,16H,1-3H3/b22-13+. The number of benzene rings is 2. The third-order valence-corrected chi connectivity index (χ3v) is 6.41. The van der Waals surface area contributed by atoms with E-state index in [0.717, 1.165) is 17.1 Å². The highest BCUT2D eigenvalue weighted by Gasteiger charge is 2.22. The number of rotatable bonds is 5. The first kappa shape index (κ1) is 20.6. The van der Waals surface area contributed by atoms with Crippen molar-refractivity contribution < 1.29 is 12.8 Å². The van der Waals surface area contributed by atoms with Gasteiger partial charge in [-0.3, -0.25) is 0 Å². The van der Waals surface area contributed by atoms with E-state index in [2.05, 4.69) is 0 Å². The first-order valence-corrected chi connectivity index (χ1v) is 10.6. The third kappa shape index (κ3) is 4.01. The fourth-order valence-electron chi connectivity index (χ4n) is 3.19. The normalized spacial score (nSPS) is 12.2. The molecule has 1 heterocycles. The topological polar surface area (TPSA) is 62.9 Å². The molecule has 3 aromatic rings. The molecule has 0 atom stereocenters. The van der Waals surface area contributed by atoms with Crippen LogP contribution in [0.1, 0.15) is 36.7 Å². The minimum absolute atomic E-state index is 0.0764. The predicted octanol–water partition coefficient (Wildman–Crippen LogP) is 5.39. The summed E-state index contributed by atoms with van der Waals surface area (Å²) in [6.45, 7) is 5.90. The Morgan fingerprint density at radius 2 is 1.72 bits per heavy atom. The number of hydrogen-bond donors (Lipinski definition) is 0. The highest BCUT2D eigenvalue weighted by molar-refractivity contribution is 7.95. The molecule has 0 fully saturated rings.